The zero-order valence-electron chi connectivity index (χ0n) is 11.4. The molecule has 19 heavy (non-hydrogen) atoms. The number of hydrogen-bond donors (Lipinski definition) is 1. The van der Waals surface area contributed by atoms with Gasteiger partial charge in [0, 0.05) is 18.4 Å². The van der Waals surface area contributed by atoms with Crippen LogP contribution < -0.4 is 4.74 Å². The summed E-state index contributed by atoms with van der Waals surface area (Å²) < 4.78 is 5.48. The zero-order chi connectivity index (χ0) is 13.8. The maximum absolute atomic E-state index is 8.59. The SMILES string of the molecule is COc1c(C)cc(C)cc1-c1cnc(CCC#N)[nH]1. The number of aromatic amines is 1. The van der Waals surface area contributed by atoms with Gasteiger partial charge in [0.2, 0.25) is 0 Å². The number of imidazole rings is 1. The number of methoxy groups -OCH3 is 1. The number of benzene rings is 1. The lowest BCUT2D eigenvalue weighted by Crippen LogP contribution is -1.93. The van der Waals surface area contributed by atoms with Gasteiger partial charge in [-0.05, 0) is 31.0 Å². The van der Waals surface area contributed by atoms with Gasteiger partial charge in [0.05, 0.1) is 25.1 Å². The first-order valence-corrected chi connectivity index (χ1v) is 6.22. The van der Waals surface area contributed by atoms with Crippen LogP contribution in [0.1, 0.15) is 23.4 Å². The van der Waals surface area contributed by atoms with Crippen molar-refractivity contribution >= 4 is 0 Å². The summed E-state index contributed by atoms with van der Waals surface area (Å²) in [6.07, 6.45) is 2.91. The lowest BCUT2D eigenvalue weighted by atomic mass is 10.0. The second-order valence-electron chi connectivity index (χ2n) is 4.56. The first-order chi connectivity index (χ1) is 9.15. The molecule has 0 unspecified atom stereocenters. The molecular formula is C15H17N3O. The van der Waals surface area contributed by atoms with Crippen LogP contribution >= 0.6 is 0 Å². The maximum atomic E-state index is 8.59. The van der Waals surface area contributed by atoms with Crippen molar-refractivity contribution in [1.29, 1.82) is 5.26 Å². The Balaban J connectivity index is 2.41. The van der Waals surface area contributed by atoms with E-state index in [2.05, 4.69) is 35.1 Å². The second-order valence-corrected chi connectivity index (χ2v) is 4.56. The molecule has 1 heterocycles. The smallest absolute Gasteiger partial charge is 0.131 e. The van der Waals surface area contributed by atoms with Crippen molar-refractivity contribution in [3.8, 4) is 23.1 Å². The monoisotopic (exact) mass is 255 g/mol. The van der Waals surface area contributed by atoms with Crippen LogP contribution in [0.3, 0.4) is 0 Å². The number of nitrogens with one attached hydrogen (secondary N) is 1. The Hall–Kier alpha value is -2.28. The molecule has 0 atom stereocenters. The summed E-state index contributed by atoms with van der Waals surface area (Å²) in [5.41, 5.74) is 4.22. The Morgan fingerprint density at radius 1 is 1.37 bits per heavy atom. The van der Waals surface area contributed by atoms with E-state index in [4.69, 9.17) is 10.00 Å². The van der Waals surface area contributed by atoms with Crippen LogP contribution in [0, 0.1) is 25.2 Å². The number of nitriles is 1. The lowest BCUT2D eigenvalue weighted by Gasteiger charge is -2.11. The predicted octanol–water partition coefficient (Wildman–Crippen LogP) is 3.16. The van der Waals surface area contributed by atoms with Gasteiger partial charge in [0.25, 0.3) is 0 Å². The van der Waals surface area contributed by atoms with Crippen molar-refractivity contribution in [2.24, 2.45) is 0 Å². The van der Waals surface area contributed by atoms with Crippen molar-refractivity contribution < 1.29 is 4.74 Å². The number of H-pyrrole nitrogens is 1. The number of ether oxygens (including phenoxy) is 1. The van der Waals surface area contributed by atoms with E-state index in [9.17, 15) is 0 Å². The zero-order valence-corrected chi connectivity index (χ0v) is 11.4. The fraction of sp³-hybridized carbons (Fsp3) is 0.333. The first kappa shape index (κ1) is 13.2. The van der Waals surface area contributed by atoms with E-state index in [0.29, 0.717) is 12.8 Å². The molecule has 4 heteroatoms. The molecule has 0 fully saturated rings. The van der Waals surface area contributed by atoms with E-state index in [1.807, 2.05) is 6.92 Å². The van der Waals surface area contributed by atoms with Crippen LogP contribution in [0.25, 0.3) is 11.3 Å². The van der Waals surface area contributed by atoms with Crippen molar-refractivity contribution in [1.82, 2.24) is 9.97 Å². The van der Waals surface area contributed by atoms with Crippen molar-refractivity contribution in [2.75, 3.05) is 7.11 Å². The highest BCUT2D eigenvalue weighted by atomic mass is 16.5. The predicted molar refractivity (Wildman–Crippen MR) is 74.0 cm³/mol. The molecule has 0 spiro atoms. The molecule has 0 radical (unpaired) electrons. The number of nitrogens with zero attached hydrogens (tertiary/aromatic N) is 2. The molecule has 1 aromatic heterocycles. The van der Waals surface area contributed by atoms with Crippen LogP contribution in [-0.4, -0.2) is 17.1 Å². The highest BCUT2D eigenvalue weighted by Gasteiger charge is 2.12. The Labute approximate surface area is 113 Å². The van der Waals surface area contributed by atoms with Crippen molar-refractivity contribution in [3.05, 3.63) is 35.3 Å². The highest BCUT2D eigenvalue weighted by Crippen LogP contribution is 2.33. The Bertz CT molecular complexity index is 623. The fourth-order valence-corrected chi connectivity index (χ4v) is 2.23. The van der Waals surface area contributed by atoms with E-state index in [1.165, 1.54) is 5.56 Å². The molecule has 1 aromatic carbocycles. The van der Waals surface area contributed by atoms with E-state index in [-0.39, 0.29) is 0 Å². The number of aromatic nitrogens is 2. The molecule has 98 valence electrons. The normalized spacial score (nSPS) is 10.2. The summed E-state index contributed by atoms with van der Waals surface area (Å²) in [4.78, 5) is 7.55. The fourth-order valence-electron chi connectivity index (χ4n) is 2.23. The first-order valence-electron chi connectivity index (χ1n) is 6.22. The molecule has 0 aliphatic carbocycles. The van der Waals surface area contributed by atoms with E-state index >= 15 is 0 Å². The molecule has 1 N–H and O–H groups in total. The minimum atomic E-state index is 0.469. The third kappa shape index (κ3) is 2.76. The molecule has 0 amide bonds. The van der Waals surface area contributed by atoms with Crippen LogP contribution in [0.15, 0.2) is 18.3 Å². The van der Waals surface area contributed by atoms with Gasteiger partial charge in [0.1, 0.15) is 11.6 Å². The Morgan fingerprint density at radius 3 is 2.84 bits per heavy atom. The average Bonchev–Trinajstić information content (AvgIpc) is 2.84. The van der Waals surface area contributed by atoms with Gasteiger partial charge < -0.3 is 9.72 Å². The Morgan fingerprint density at radius 2 is 2.16 bits per heavy atom. The van der Waals surface area contributed by atoms with Gasteiger partial charge in [-0.15, -0.1) is 0 Å². The summed E-state index contributed by atoms with van der Waals surface area (Å²) in [6.45, 7) is 4.09. The molecular weight excluding hydrogens is 238 g/mol. The van der Waals surface area contributed by atoms with Crippen molar-refractivity contribution in [2.45, 2.75) is 26.7 Å². The van der Waals surface area contributed by atoms with E-state index in [1.54, 1.807) is 13.3 Å². The minimum absolute atomic E-state index is 0.469. The topological polar surface area (TPSA) is 61.7 Å². The molecule has 0 saturated carbocycles. The summed E-state index contributed by atoms with van der Waals surface area (Å²) in [7, 11) is 1.67. The summed E-state index contributed by atoms with van der Waals surface area (Å²) in [5.74, 6) is 1.69. The molecule has 2 aromatic rings. The van der Waals surface area contributed by atoms with E-state index < -0.39 is 0 Å². The molecule has 2 rings (SSSR count). The second kappa shape index (κ2) is 5.57. The summed E-state index contributed by atoms with van der Waals surface area (Å²) >= 11 is 0. The minimum Gasteiger partial charge on any atom is -0.496 e. The third-order valence-electron chi connectivity index (χ3n) is 3.02. The van der Waals surface area contributed by atoms with Gasteiger partial charge in [-0.3, -0.25) is 0 Å². The molecule has 0 bridgehead atoms. The molecule has 0 aliphatic heterocycles. The maximum Gasteiger partial charge on any atom is 0.131 e. The van der Waals surface area contributed by atoms with Gasteiger partial charge >= 0.3 is 0 Å². The molecule has 0 saturated heterocycles. The van der Waals surface area contributed by atoms with Crippen LogP contribution in [0.2, 0.25) is 0 Å². The Kier molecular flexibility index (Phi) is 3.86. The van der Waals surface area contributed by atoms with Gasteiger partial charge in [0.15, 0.2) is 0 Å². The van der Waals surface area contributed by atoms with Crippen LogP contribution in [-0.2, 0) is 6.42 Å². The summed E-state index contributed by atoms with van der Waals surface area (Å²) in [5, 5.41) is 8.59. The number of hydrogen-bond acceptors (Lipinski definition) is 3. The highest BCUT2D eigenvalue weighted by molar-refractivity contribution is 5.70. The lowest BCUT2D eigenvalue weighted by molar-refractivity contribution is 0.413. The summed E-state index contributed by atoms with van der Waals surface area (Å²) in [6, 6.07) is 6.29. The largest absolute Gasteiger partial charge is 0.496 e. The number of rotatable bonds is 4. The van der Waals surface area contributed by atoms with Gasteiger partial charge in [-0.25, -0.2) is 4.98 Å². The van der Waals surface area contributed by atoms with Crippen LogP contribution in [0.4, 0.5) is 0 Å². The van der Waals surface area contributed by atoms with Gasteiger partial charge in [-0.1, -0.05) is 6.07 Å². The number of aryl methyl sites for hydroxylation is 3. The van der Waals surface area contributed by atoms with Crippen molar-refractivity contribution in [3.63, 3.8) is 0 Å². The quantitative estimate of drug-likeness (QED) is 0.912. The average molecular weight is 255 g/mol. The standard InChI is InChI=1S/C15H17N3O/c1-10-7-11(2)15(19-3)12(8-10)13-9-17-14(18-13)5-4-6-16/h7-9H,4-5H2,1-3H3,(H,17,18). The van der Waals surface area contributed by atoms with Crippen LogP contribution in [0.5, 0.6) is 5.75 Å². The molecule has 4 nitrogen and oxygen atoms in total. The molecule has 0 aliphatic rings. The van der Waals surface area contributed by atoms with E-state index in [0.717, 1.165) is 28.4 Å². The third-order valence-corrected chi connectivity index (χ3v) is 3.02. The van der Waals surface area contributed by atoms with Gasteiger partial charge in [-0.2, -0.15) is 5.26 Å².